The van der Waals surface area contributed by atoms with Crippen LogP contribution in [-0.4, -0.2) is 30.4 Å². The van der Waals surface area contributed by atoms with Gasteiger partial charge in [0.25, 0.3) is 15.6 Å². The third-order valence-electron chi connectivity index (χ3n) is 5.88. The molecule has 38 heavy (non-hydrogen) atoms. The fraction of sp³-hybridized carbons (Fsp3) is 0.0769. The van der Waals surface area contributed by atoms with Gasteiger partial charge in [-0.15, -0.1) is 0 Å². The number of fused-ring (bicyclic) bond motifs is 1. The van der Waals surface area contributed by atoms with E-state index in [0.717, 1.165) is 21.0 Å². The van der Waals surface area contributed by atoms with E-state index in [-0.39, 0.29) is 38.7 Å². The zero-order chi connectivity index (χ0) is 27.0. The first-order valence-electron chi connectivity index (χ1n) is 11.1. The molecule has 0 saturated heterocycles. The van der Waals surface area contributed by atoms with Gasteiger partial charge in [0.2, 0.25) is 0 Å². The Morgan fingerprint density at radius 2 is 1.84 bits per heavy atom. The second-order valence-electron chi connectivity index (χ2n) is 8.20. The summed E-state index contributed by atoms with van der Waals surface area (Å²) in [7, 11) is -2.62. The van der Waals surface area contributed by atoms with Crippen molar-refractivity contribution in [2.24, 2.45) is 0 Å². The maximum absolute atomic E-state index is 14.3. The molecule has 5 aromatic rings. The summed E-state index contributed by atoms with van der Waals surface area (Å²) in [6.07, 6.45) is 1.27. The van der Waals surface area contributed by atoms with Crippen molar-refractivity contribution in [3.63, 3.8) is 0 Å². The van der Waals surface area contributed by atoms with E-state index in [2.05, 4.69) is 21.1 Å². The molecule has 2 aromatic heterocycles. The molecule has 9 nitrogen and oxygen atoms in total. The number of pyridine rings is 1. The van der Waals surface area contributed by atoms with E-state index >= 15 is 0 Å². The fourth-order valence-electron chi connectivity index (χ4n) is 3.99. The monoisotopic (exact) mass is 599 g/mol. The number of sulfonamides is 1. The molecule has 0 spiro atoms. The van der Waals surface area contributed by atoms with Crippen molar-refractivity contribution in [1.82, 2.24) is 9.72 Å². The normalized spacial score (nSPS) is 11.6. The summed E-state index contributed by atoms with van der Waals surface area (Å²) in [6, 6.07) is 17.4. The number of halogens is 2. The summed E-state index contributed by atoms with van der Waals surface area (Å²) in [5.74, 6) is -0.299. The molecule has 0 aliphatic heterocycles. The van der Waals surface area contributed by atoms with Gasteiger partial charge in [0, 0.05) is 23.6 Å². The Kier molecular flexibility index (Phi) is 6.67. The maximum Gasteiger partial charge on any atom is 0.265 e. The molecule has 0 unspecified atom stereocenters. The lowest BCUT2D eigenvalue weighted by atomic mass is 10.2. The minimum Gasteiger partial charge on any atom is -0.506 e. The molecule has 0 atom stereocenters. The van der Waals surface area contributed by atoms with Gasteiger partial charge in [-0.1, -0.05) is 17.3 Å². The number of hydrogen-bond acceptors (Lipinski definition) is 7. The van der Waals surface area contributed by atoms with Crippen LogP contribution in [0.25, 0.3) is 16.6 Å². The van der Waals surface area contributed by atoms with Crippen molar-refractivity contribution in [3.8, 4) is 17.2 Å². The Bertz CT molecular complexity index is 1810. The first kappa shape index (κ1) is 25.5. The molecule has 12 heteroatoms. The third-order valence-corrected chi connectivity index (χ3v) is 8.23. The number of aromatic hydroxyl groups is 1. The minimum atomic E-state index is -4.16. The van der Waals surface area contributed by atoms with Gasteiger partial charge in [-0.25, -0.2) is 17.1 Å². The Morgan fingerprint density at radius 3 is 2.53 bits per heavy atom. The topological polar surface area (TPSA) is 115 Å². The number of aromatic nitrogens is 2. The molecular formula is C26H19BrFN3O6S. The number of benzene rings is 3. The number of phenolic OH excluding ortho intramolecular Hbond substituents is 1. The van der Waals surface area contributed by atoms with Crippen LogP contribution in [0.1, 0.15) is 5.56 Å². The summed E-state index contributed by atoms with van der Waals surface area (Å²) in [5, 5.41) is 14.6. The Labute approximate surface area is 224 Å². The number of ether oxygens (including phenoxy) is 1. The van der Waals surface area contributed by atoms with E-state index in [9.17, 15) is 22.7 Å². The van der Waals surface area contributed by atoms with Gasteiger partial charge < -0.3 is 14.4 Å². The Hall–Kier alpha value is -4.16. The summed E-state index contributed by atoms with van der Waals surface area (Å²) in [5.41, 5.74) is 0.339. The van der Waals surface area contributed by atoms with Crippen molar-refractivity contribution in [2.45, 2.75) is 11.4 Å². The fourth-order valence-corrected chi connectivity index (χ4v) is 5.75. The van der Waals surface area contributed by atoms with Crippen LogP contribution in [-0.2, 0) is 16.6 Å². The molecule has 0 aliphatic carbocycles. The van der Waals surface area contributed by atoms with Crippen molar-refractivity contribution in [2.75, 3.05) is 11.4 Å². The minimum absolute atomic E-state index is 0.0326. The highest BCUT2D eigenvalue weighted by molar-refractivity contribution is 9.10. The number of hydrogen-bond donors (Lipinski definition) is 1. The standard InChI is InChI=1S/C26H19BrFN3O6S/c1-36-18-5-2-16(3-6-18)15-30(25-10-11-37-29-25)38(34,35)19-7-8-22-17(12-19)4-9-26(33)31(22)23-14-21(28)20(27)13-24(23)32/h2-14,32H,15H2,1H3. The van der Waals surface area contributed by atoms with Gasteiger partial charge in [-0.2, -0.15) is 0 Å². The van der Waals surface area contributed by atoms with Crippen LogP contribution in [0.5, 0.6) is 11.5 Å². The summed E-state index contributed by atoms with van der Waals surface area (Å²) in [6.45, 7) is -0.0392. The lowest BCUT2D eigenvalue weighted by Crippen LogP contribution is -2.31. The first-order valence-corrected chi connectivity index (χ1v) is 13.3. The summed E-state index contributed by atoms with van der Waals surface area (Å²) in [4.78, 5) is 12.7. The molecule has 2 heterocycles. The van der Waals surface area contributed by atoms with Gasteiger partial charge in [0.05, 0.1) is 34.2 Å². The second-order valence-corrected chi connectivity index (χ2v) is 10.9. The molecule has 0 amide bonds. The largest absolute Gasteiger partial charge is 0.506 e. The number of methoxy groups -OCH3 is 1. The van der Waals surface area contributed by atoms with E-state index in [1.807, 2.05) is 0 Å². The molecular weight excluding hydrogens is 581 g/mol. The highest BCUT2D eigenvalue weighted by Crippen LogP contribution is 2.31. The molecule has 5 rings (SSSR count). The highest BCUT2D eigenvalue weighted by Gasteiger charge is 2.28. The molecule has 0 aliphatic rings. The number of phenols is 1. The van der Waals surface area contributed by atoms with E-state index in [4.69, 9.17) is 9.26 Å². The van der Waals surface area contributed by atoms with Gasteiger partial charge in [0.15, 0.2) is 5.82 Å². The zero-order valence-corrected chi connectivity index (χ0v) is 22.1. The van der Waals surface area contributed by atoms with Crippen molar-refractivity contribution in [1.29, 1.82) is 0 Å². The van der Waals surface area contributed by atoms with Gasteiger partial charge in [-0.05, 0) is 64.0 Å². The van der Waals surface area contributed by atoms with Crippen LogP contribution < -0.4 is 14.6 Å². The predicted molar refractivity (Wildman–Crippen MR) is 142 cm³/mol. The lowest BCUT2D eigenvalue weighted by molar-refractivity contribution is 0.414. The number of rotatable bonds is 7. The summed E-state index contributed by atoms with van der Waals surface area (Å²) < 4.78 is 54.2. The molecule has 0 fully saturated rings. The zero-order valence-electron chi connectivity index (χ0n) is 19.7. The van der Waals surface area contributed by atoms with Crippen LogP contribution in [0.3, 0.4) is 0 Å². The Morgan fingerprint density at radius 1 is 1.08 bits per heavy atom. The van der Waals surface area contributed by atoms with Crippen LogP contribution in [0, 0.1) is 5.82 Å². The van der Waals surface area contributed by atoms with E-state index < -0.39 is 21.4 Å². The average Bonchev–Trinajstić information content (AvgIpc) is 3.44. The van der Waals surface area contributed by atoms with Crippen molar-refractivity contribution < 1.29 is 27.2 Å². The van der Waals surface area contributed by atoms with E-state index in [0.29, 0.717) is 16.7 Å². The molecule has 194 valence electrons. The average molecular weight is 600 g/mol. The molecule has 0 radical (unpaired) electrons. The van der Waals surface area contributed by atoms with E-state index in [1.165, 1.54) is 49.8 Å². The van der Waals surface area contributed by atoms with Crippen molar-refractivity contribution >= 4 is 42.7 Å². The molecule has 0 saturated carbocycles. The van der Waals surface area contributed by atoms with E-state index in [1.54, 1.807) is 24.3 Å². The smallest absolute Gasteiger partial charge is 0.265 e. The first-order chi connectivity index (χ1) is 18.2. The van der Waals surface area contributed by atoms with Crippen LogP contribution >= 0.6 is 15.9 Å². The maximum atomic E-state index is 14.3. The van der Waals surface area contributed by atoms with Crippen LogP contribution in [0.4, 0.5) is 10.2 Å². The molecule has 1 N–H and O–H groups in total. The molecule has 3 aromatic carbocycles. The quantitative estimate of drug-likeness (QED) is 0.280. The molecule has 0 bridgehead atoms. The highest BCUT2D eigenvalue weighted by atomic mass is 79.9. The van der Waals surface area contributed by atoms with Gasteiger partial charge in [0.1, 0.15) is 23.6 Å². The Balaban J connectivity index is 1.61. The summed E-state index contributed by atoms with van der Waals surface area (Å²) >= 11 is 3.00. The third kappa shape index (κ3) is 4.63. The van der Waals surface area contributed by atoms with Crippen LogP contribution in [0.2, 0.25) is 0 Å². The SMILES string of the molecule is COc1ccc(CN(c2ccon2)S(=O)(=O)c2ccc3c(ccc(=O)n3-c3cc(F)c(Br)cc3O)c2)cc1. The van der Waals surface area contributed by atoms with Crippen LogP contribution in [0.15, 0.2) is 97.7 Å². The number of nitrogens with zero attached hydrogens (tertiary/aromatic N) is 3. The van der Waals surface area contributed by atoms with Gasteiger partial charge in [-0.3, -0.25) is 9.36 Å². The second kappa shape index (κ2) is 9.95. The lowest BCUT2D eigenvalue weighted by Gasteiger charge is -2.22. The van der Waals surface area contributed by atoms with Gasteiger partial charge >= 0.3 is 0 Å². The predicted octanol–water partition coefficient (Wildman–Crippen LogP) is 4.99. The number of anilines is 1. The van der Waals surface area contributed by atoms with Crippen molar-refractivity contribution in [3.05, 3.63) is 105 Å².